The van der Waals surface area contributed by atoms with Crippen molar-refractivity contribution in [2.75, 3.05) is 11.9 Å². The van der Waals surface area contributed by atoms with Crippen molar-refractivity contribution in [1.29, 1.82) is 0 Å². The number of nitro groups is 1. The molecule has 0 amide bonds. The number of anilines is 1. The van der Waals surface area contributed by atoms with Gasteiger partial charge in [-0.25, -0.2) is 4.79 Å². The molecular weight excluding hydrogens is 272 g/mol. The second kappa shape index (κ2) is 6.38. The highest BCUT2D eigenvalue weighted by atomic mass is 35.5. The van der Waals surface area contributed by atoms with E-state index in [1.165, 1.54) is 0 Å². The molecule has 0 aliphatic heterocycles. The number of hydrogen-bond acceptors (Lipinski definition) is 4. The van der Waals surface area contributed by atoms with Crippen molar-refractivity contribution in [3.8, 4) is 0 Å². The lowest BCUT2D eigenvalue weighted by atomic mass is 10.1. The smallest absolute Gasteiger partial charge is 0.338 e. The van der Waals surface area contributed by atoms with Crippen molar-refractivity contribution in [3.05, 3.63) is 32.8 Å². The van der Waals surface area contributed by atoms with E-state index in [1.54, 1.807) is 0 Å². The standard InChI is InChI=1S/C12H15ClN2O4/c1-3-7(2)6-14-11-9(12(16)17)4-8(15(18)19)5-10(11)13/h4-5,7,14H,3,6H2,1-2H3,(H,16,17). The number of nitrogens with one attached hydrogen (secondary N) is 1. The van der Waals surface area contributed by atoms with Crippen LogP contribution in [0.5, 0.6) is 0 Å². The van der Waals surface area contributed by atoms with Crippen molar-refractivity contribution in [1.82, 2.24) is 0 Å². The van der Waals surface area contributed by atoms with Gasteiger partial charge in [-0.2, -0.15) is 0 Å². The van der Waals surface area contributed by atoms with Crippen LogP contribution < -0.4 is 5.32 Å². The maximum atomic E-state index is 11.1. The number of nitro benzene ring substituents is 1. The molecule has 0 aliphatic carbocycles. The van der Waals surface area contributed by atoms with Gasteiger partial charge < -0.3 is 10.4 Å². The van der Waals surface area contributed by atoms with E-state index < -0.39 is 10.9 Å². The van der Waals surface area contributed by atoms with Crippen molar-refractivity contribution < 1.29 is 14.8 Å². The molecule has 0 bridgehead atoms. The summed E-state index contributed by atoms with van der Waals surface area (Å²) < 4.78 is 0. The zero-order chi connectivity index (χ0) is 14.6. The Balaban J connectivity index is 3.15. The van der Waals surface area contributed by atoms with E-state index in [1.807, 2.05) is 13.8 Å². The zero-order valence-electron chi connectivity index (χ0n) is 10.6. The second-order valence-electron chi connectivity index (χ2n) is 4.31. The van der Waals surface area contributed by atoms with Gasteiger partial charge in [0.05, 0.1) is 21.2 Å². The maximum Gasteiger partial charge on any atom is 0.338 e. The lowest BCUT2D eigenvalue weighted by Crippen LogP contribution is -2.14. The zero-order valence-corrected chi connectivity index (χ0v) is 11.4. The number of carboxylic acids is 1. The predicted octanol–water partition coefficient (Wildman–Crippen LogP) is 3.40. The Morgan fingerprint density at radius 2 is 2.21 bits per heavy atom. The van der Waals surface area contributed by atoms with Crippen LogP contribution in [0.1, 0.15) is 30.6 Å². The molecule has 0 fully saturated rings. The number of benzene rings is 1. The molecule has 0 aromatic heterocycles. The molecule has 19 heavy (non-hydrogen) atoms. The first-order valence-corrected chi connectivity index (χ1v) is 6.19. The average molecular weight is 287 g/mol. The van der Waals surface area contributed by atoms with Crippen LogP contribution in [0.25, 0.3) is 0 Å². The molecule has 7 heteroatoms. The quantitative estimate of drug-likeness (QED) is 0.617. The Kier molecular flexibility index (Phi) is 5.11. The van der Waals surface area contributed by atoms with Gasteiger partial charge in [0.2, 0.25) is 0 Å². The number of carboxylic acid groups (broad SMARTS) is 1. The lowest BCUT2D eigenvalue weighted by Gasteiger charge is -2.14. The van der Waals surface area contributed by atoms with Crippen LogP contribution in [-0.4, -0.2) is 22.5 Å². The minimum Gasteiger partial charge on any atom is -0.478 e. The fraction of sp³-hybridized carbons (Fsp3) is 0.417. The van der Waals surface area contributed by atoms with Gasteiger partial charge in [0.15, 0.2) is 0 Å². The average Bonchev–Trinajstić information content (AvgIpc) is 2.35. The molecule has 0 saturated carbocycles. The molecule has 6 nitrogen and oxygen atoms in total. The van der Waals surface area contributed by atoms with E-state index in [2.05, 4.69) is 5.32 Å². The summed E-state index contributed by atoms with van der Waals surface area (Å²) in [4.78, 5) is 21.2. The number of hydrogen-bond donors (Lipinski definition) is 2. The number of nitrogens with zero attached hydrogens (tertiary/aromatic N) is 1. The summed E-state index contributed by atoms with van der Waals surface area (Å²) in [5, 5.41) is 22.8. The summed E-state index contributed by atoms with van der Waals surface area (Å²) in [5.74, 6) is -0.912. The Bertz CT molecular complexity index is 505. The molecule has 2 N–H and O–H groups in total. The topological polar surface area (TPSA) is 92.5 Å². The Morgan fingerprint density at radius 1 is 1.58 bits per heavy atom. The fourth-order valence-corrected chi connectivity index (χ4v) is 1.75. The van der Waals surface area contributed by atoms with Gasteiger partial charge in [0.1, 0.15) is 0 Å². The van der Waals surface area contributed by atoms with Gasteiger partial charge in [0, 0.05) is 18.7 Å². The molecule has 1 rings (SSSR count). The van der Waals surface area contributed by atoms with Crippen LogP contribution in [0.2, 0.25) is 5.02 Å². The van der Waals surface area contributed by atoms with Crippen LogP contribution >= 0.6 is 11.6 Å². The molecule has 1 atom stereocenters. The first kappa shape index (κ1) is 15.2. The maximum absolute atomic E-state index is 11.1. The van der Waals surface area contributed by atoms with Crippen LogP contribution in [0.15, 0.2) is 12.1 Å². The Labute approximate surface area is 115 Å². The summed E-state index contributed by atoms with van der Waals surface area (Å²) in [6.07, 6.45) is 0.931. The summed E-state index contributed by atoms with van der Waals surface area (Å²) in [6.45, 7) is 4.57. The predicted molar refractivity (Wildman–Crippen MR) is 73.0 cm³/mol. The number of carbonyl (C=O) groups is 1. The van der Waals surface area contributed by atoms with Crippen molar-refractivity contribution >= 4 is 28.9 Å². The van der Waals surface area contributed by atoms with Gasteiger partial charge in [-0.05, 0) is 5.92 Å². The molecule has 1 aromatic carbocycles. The summed E-state index contributed by atoms with van der Waals surface area (Å²) in [7, 11) is 0. The minimum absolute atomic E-state index is 0.0369. The van der Waals surface area contributed by atoms with E-state index in [9.17, 15) is 14.9 Å². The monoisotopic (exact) mass is 286 g/mol. The third-order valence-corrected chi connectivity index (χ3v) is 3.14. The highest BCUT2D eigenvalue weighted by molar-refractivity contribution is 6.34. The van der Waals surface area contributed by atoms with E-state index in [0.29, 0.717) is 12.5 Å². The number of rotatable bonds is 6. The normalized spacial score (nSPS) is 11.9. The molecular formula is C12H15ClN2O4. The molecule has 0 spiro atoms. The van der Waals surface area contributed by atoms with Crippen molar-refractivity contribution in [2.24, 2.45) is 5.92 Å². The molecule has 1 aromatic rings. The molecule has 0 radical (unpaired) electrons. The largest absolute Gasteiger partial charge is 0.478 e. The Morgan fingerprint density at radius 3 is 2.68 bits per heavy atom. The second-order valence-corrected chi connectivity index (χ2v) is 4.71. The molecule has 0 saturated heterocycles. The van der Waals surface area contributed by atoms with Crippen molar-refractivity contribution in [3.63, 3.8) is 0 Å². The van der Waals surface area contributed by atoms with Crippen LogP contribution in [-0.2, 0) is 0 Å². The SMILES string of the molecule is CCC(C)CNc1c(Cl)cc([N+](=O)[O-])cc1C(=O)O. The molecule has 104 valence electrons. The first-order chi connectivity index (χ1) is 8.86. The van der Waals surface area contributed by atoms with Gasteiger partial charge in [-0.1, -0.05) is 31.9 Å². The number of halogens is 1. The summed E-state index contributed by atoms with van der Waals surface area (Å²) >= 11 is 5.92. The summed E-state index contributed by atoms with van der Waals surface area (Å²) in [6, 6.07) is 2.15. The Hall–Kier alpha value is -1.82. The van der Waals surface area contributed by atoms with Crippen molar-refractivity contribution in [2.45, 2.75) is 20.3 Å². The van der Waals surface area contributed by atoms with Gasteiger partial charge in [-0.3, -0.25) is 10.1 Å². The first-order valence-electron chi connectivity index (χ1n) is 5.81. The van der Waals surface area contributed by atoms with E-state index in [-0.39, 0.29) is 22.0 Å². The van der Waals surface area contributed by atoms with Crippen LogP contribution in [0.3, 0.4) is 0 Å². The third kappa shape index (κ3) is 3.82. The van der Waals surface area contributed by atoms with Crippen LogP contribution in [0.4, 0.5) is 11.4 Å². The number of non-ortho nitro benzene ring substituents is 1. The fourth-order valence-electron chi connectivity index (χ4n) is 1.47. The molecule has 0 heterocycles. The summed E-state index contributed by atoms with van der Waals surface area (Å²) in [5.41, 5.74) is -0.306. The molecule has 1 unspecified atom stereocenters. The van der Waals surface area contributed by atoms with Gasteiger partial charge in [-0.15, -0.1) is 0 Å². The van der Waals surface area contributed by atoms with Gasteiger partial charge >= 0.3 is 5.97 Å². The van der Waals surface area contributed by atoms with E-state index >= 15 is 0 Å². The molecule has 0 aliphatic rings. The third-order valence-electron chi connectivity index (χ3n) is 2.84. The minimum atomic E-state index is -1.25. The van der Waals surface area contributed by atoms with E-state index in [4.69, 9.17) is 16.7 Å². The van der Waals surface area contributed by atoms with Crippen LogP contribution in [0, 0.1) is 16.0 Å². The van der Waals surface area contributed by atoms with E-state index in [0.717, 1.165) is 18.6 Å². The lowest BCUT2D eigenvalue weighted by molar-refractivity contribution is -0.384. The highest BCUT2D eigenvalue weighted by Gasteiger charge is 2.20. The highest BCUT2D eigenvalue weighted by Crippen LogP contribution is 2.31. The van der Waals surface area contributed by atoms with Gasteiger partial charge in [0.25, 0.3) is 5.69 Å². The number of aromatic carboxylic acids is 1.